The van der Waals surface area contributed by atoms with Crippen LogP contribution in [0, 0.1) is 21.7 Å². The predicted molar refractivity (Wildman–Crippen MR) is 149 cm³/mol. The molecule has 0 N–H and O–H groups in total. The van der Waals surface area contributed by atoms with E-state index < -0.39 is 0 Å². The summed E-state index contributed by atoms with van der Waals surface area (Å²) in [6.45, 7) is 35.0. The summed E-state index contributed by atoms with van der Waals surface area (Å²) >= 11 is 0. The molecule has 1 aromatic heterocycles. The van der Waals surface area contributed by atoms with Gasteiger partial charge in [-0.15, -0.1) is 0 Å². The van der Waals surface area contributed by atoms with Gasteiger partial charge in [0.1, 0.15) is 6.33 Å². The second-order valence-electron chi connectivity index (χ2n) is 14.1. The lowest BCUT2D eigenvalue weighted by Gasteiger charge is -2.05. The summed E-state index contributed by atoms with van der Waals surface area (Å²) in [5.41, 5.74) is 2.00. The van der Waals surface area contributed by atoms with Crippen molar-refractivity contribution in [2.24, 2.45) is 21.7 Å². The number of benzene rings is 1. The SMILES string of the molecule is CC(C)(C)C.CC(C)(C)C.CC(C)(C)C.CC(C)(C)C.c1ccccc1.c1cncnc1. The lowest BCUT2D eigenvalue weighted by atomic mass is 10.0. The summed E-state index contributed by atoms with van der Waals surface area (Å²) in [7, 11) is 0. The average molecular weight is 447 g/mol. The maximum Gasteiger partial charge on any atom is 0.115 e. The minimum atomic E-state index is 0.500. The smallest absolute Gasteiger partial charge is 0.115 e. The number of aromatic nitrogens is 2. The first-order valence-corrected chi connectivity index (χ1v) is 11.7. The fourth-order valence-electron chi connectivity index (χ4n) is 0.638. The lowest BCUT2D eigenvalue weighted by Crippen LogP contribution is -1.93. The van der Waals surface area contributed by atoms with Gasteiger partial charge in [0.15, 0.2) is 0 Å². The highest BCUT2D eigenvalue weighted by Gasteiger charge is 1.96. The first kappa shape index (κ1) is 37.6. The molecule has 0 aliphatic carbocycles. The molecule has 2 rings (SSSR count). The van der Waals surface area contributed by atoms with Gasteiger partial charge in [-0.05, 0) is 27.7 Å². The zero-order valence-electron chi connectivity index (χ0n) is 24.7. The first-order valence-electron chi connectivity index (χ1n) is 11.7. The van der Waals surface area contributed by atoms with E-state index in [1.54, 1.807) is 18.5 Å². The van der Waals surface area contributed by atoms with Crippen LogP contribution < -0.4 is 0 Å². The van der Waals surface area contributed by atoms with Gasteiger partial charge in [-0.2, -0.15) is 0 Å². The molecule has 2 nitrogen and oxygen atoms in total. The molecule has 0 amide bonds. The van der Waals surface area contributed by atoms with E-state index in [2.05, 4.69) is 121 Å². The summed E-state index contributed by atoms with van der Waals surface area (Å²) in [5.74, 6) is 0. The second-order valence-corrected chi connectivity index (χ2v) is 14.1. The van der Waals surface area contributed by atoms with Gasteiger partial charge < -0.3 is 0 Å². The Labute approximate surface area is 203 Å². The molecule has 0 aliphatic rings. The molecule has 0 atom stereocenters. The molecule has 1 aromatic carbocycles. The van der Waals surface area contributed by atoms with E-state index in [0.29, 0.717) is 21.7 Å². The minimum Gasteiger partial charge on any atom is -0.245 e. The molecular weight excluding hydrogens is 388 g/mol. The van der Waals surface area contributed by atoms with Crippen LogP contribution in [-0.4, -0.2) is 9.97 Å². The van der Waals surface area contributed by atoms with Gasteiger partial charge >= 0.3 is 0 Å². The Morgan fingerprint density at radius 3 is 0.531 bits per heavy atom. The molecule has 2 heteroatoms. The van der Waals surface area contributed by atoms with Crippen LogP contribution in [0.2, 0.25) is 0 Å². The summed E-state index contributed by atoms with van der Waals surface area (Å²) in [4.78, 5) is 7.35. The standard InChI is InChI=1S/C6H6.4C5H12.C4H4N2/c1-2-4-6-5-3-1;4*1-5(2,3)4;1-2-5-4-6-3-1/h1-6H;4*1-4H3;1-4H. The van der Waals surface area contributed by atoms with Gasteiger partial charge in [-0.1, -0.05) is 147 Å². The summed E-state index contributed by atoms with van der Waals surface area (Å²) in [6.07, 6.45) is 4.88. The zero-order chi connectivity index (χ0) is 26.5. The molecule has 0 saturated carbocycles. The molecule has 2 aromatic rings. The molecule has 1 heterocycles. The van der Waals surface area contributed by atoms with Crippen molar-refractivity contribution in [3.63, 3.8) is 0 Å². The van der Waals surface area contributed by atoms with Gasteiger partial charge in [0.05, 0.1) is 0 Å². The van der Waals surface area contributed by atoms with Crippen LogP contribution in [0.1, 0.15) is 111 Å². The van der Waals surface area contributed by atoms with E-state index >= 15 is 0 Å². The number of hydrogen-bond acceptors (Lipinski definition) is 2. The zero-order valence-corrected chi connectivity index (χ0v) is 24.7. The van der Waals surface area contributed by atoms with Crippen molar-refractivity contribution in [2.45, 2.75) is 111 Å². The third kappa shape index (κ3) is 199. The third-order valence-corrected chi connectivity index (χ3v) is 1.14. The second kappa shape index (κ2) is 19.9. The molecule has 0 saturated heterocycles. The topological polar surface area (TPSA) is 25.8 Å². The van der Waals surface area contributed by atoms with Crippen molar-refractivity contribution in [1.82, 2.24) is 9.97 Å². The van der Waals surface area contributed by atoms with Crippen LogP contribution in [0.25, 0.3) is 0 Å². The monoisotopic (exact) mass is 446 g/mol. The maximum absolute atomic E-state index is 3.67. The highest BCUT2D eigenvalue weighted by molar-refractivity contribution is 4.99. The van der Waals surface area contributed by atoms with Crippen LogP contribution in [0.5, 0.6) is 0 Å². The lowest BCUT2D eigenvalue weighted by molar-refractivity contribution is 0.469. The molecule has 32 heavy (non-hydrogen) atoms. The number of hydrogen-bond donors (Lipinski definition) is 0. The van der Waals surface area contributed by atoms with E-state index in [0.717, 1.165) is 0 Å². The van der Waals surface area contributed by atoms with Gasteiger partial charge in [0.25, 0.3) is 0 Å². The van der Waals surface area contributed by atoms with E-state index in [-0.39, 0.29) is 0 Å². The van der Waals surface area contributed by atoms with Crippen LogP contribution in [0.3, 0.4) is 0 Å². The Morgan fingerprint density at radius 1 is 0.312 bits per heavy atom. The van der Waals surface area contributed by atoms with Crippen molar-refractivity contribution in [2.75, 3.05) is 0 Å². The Hall–Kier alpha value is -1.70. The van der Waals surface area contributed by atoms with E-state index in [4.69, 9.17) is 0 Å². The third-order valence-electron chi connectivity index (χ3n) is 1.14. The van der Waals surface area contributed by atoms with E-state index in [9.17, 15) is 0 Å². The maximum atomic E-state index is 3.67. The fourth-order valence-corrected chi connectivity index (χ4v) is 0.638. The Balaban J connectivity index is -0.000000148. The van der Waals surface area contributed by atoms with Crippen LogP contribution >= 0.6 is 0 Å². The van der Waals surface area contributed by atoms with Crippen LogP contribution in [0.4, 0.5) is 0 Å². The van der Waals surface area contributed by atoms with Gasteiger partial charge in [-0.25, -0.2) is 9.97 Å². The Kier molecular flexibility index (Phi) is 23.4. The van der Waals surface area contributed by atoms with E-state index in [1.165, 1.54) is 6.33 Å². The molecule has 0 aliphatic heterocycles. The molecule has 0 spiro atoms. The van der Waals surface area contributed by atoms with Crippen LogP contribution in [-0.2, 0) is 0 Å². The number of nitrogens with zero attached hydrogens (tertiary/aromatic N) is 2. The van der Waals surface area contributed by atoms with Crippen molar-refractivity contribution in [3.05, 3.63) is 61.2 Å². The predicted octanol–water partition coefficient (Wildman–Crippen LogP) is 10.4. The highest BCUT2D eigenvalue weighted by atomic mass is 14.8. The van der Waals surface area contributed by atoms with Crippen LogP contribution in [0.15, 0.2) is 61.2 Å². The van der Waals surface area contributed by atoms with Crippen molar-refractivity contribution < 1.29 is 0 Å². The summed E-state index contributed by atoms with van der Waals surface area (Å²) < 4.78 is 0. The molecule has 188 valence electrons. The molecular formula is C30H58N2. The Bertz CT molecular complexity index is 406. The van der Waals surface area contributed by atoms with E-state index in [1.807, 2.05) is 36.4 Å². The van der Waals surface area contributed by atoms with Crippen molar-refractivity contribution in [3.8, 4) is 0 Å². The summed E-state index contributed by atoms with van der Waals surface area (Å²) in [5, 5.41) is 0. The van der Waals surface area contributed by atoms with Crippen molar-refractivity contribution in [1.29, 1.82) is 0 Å². The highest BCUT2D eigenvalue weighted by Crippen LogP contribution is 2.09. The quantitative estimate of drug-likeness (QED) is 0.402. The van der Waals surface area contributed by atoms with Gasteiger partial charge in [0.2, 0.25) is 0 Å². The molecule has 0 bridgehead atoms. The number of rotatable bonds is 0. The molecule has 0 radical (unpaired) electrons. The van der Waals surface area contributed by atoms with Gasteiger partial charge in [0, 0.05) is 12.4 Å². The molecule has 0 fully saturated rings. The largest absolute Gasteiger partial charge is 0.245 e. The average Bonchev–Trinajstić information content (AvgIpc) is 2.52. The minimum absolute atomic E-state index is 0.500. The molecule has 0 unspecified atom stereocenters. The van der Waals surface area contributed by atoms with Gasteiger partial charge in [-0.3, -0.25) is 0 Å². The summed E-state index contributed by atoms with van der Waals surface area (Å²) in [6, 6.07) is 13.8. The normalized spacial score (nSPS) is 10.5. The fraction of sp³-hybridized carbons (Fsp3) is 0.667. The first-order chi connectivity index (χ1) is 14.0. The van der Waals surface area contributed by atoms with Crippen molar-refractivity contribution >= 4 is 0 Å². The Morgan fingerprint density at radius 2 is 0.469 bits per heavy atom.